The summed E-state index contributed by atoms with van der Waals surface area (Å²) >= 11 is 0. The van der Waals surface area contributed by atoms with Gasteiger partial charge >= 0.3 is 6.16 Å². The third-order valence-electron chi connectivity index (χ3n) is 9.84. The molecule has 0 heterocycles. The number of fused-ring (bicyclic) bond motifs is 1. The molecule has 38 heavy (non-hydrogen) atoms. The third kappa shape index (κ3) is 5.97. The highest BCUT2D eigenvalue weighted by atomic mass is 16.7. The largest absolute Gasteiger partial charge is 0.508 e. The number of hydrogen-bond donors (Lipinski definition) is 3. The first-order valence-electron chi connectivity index (χ1n) is 14.6. The molecule has 0 radical (unpaired) electrons. The Morgan fingerprint density at radius 3 is 2.63 bits per heavy atom. The highest BCUT2D eigenvalue weighted by Crippen LogP contribution is 2.69. The maximum absolute atomic E-state index is 12.0. The molecule has 6 heteroatoms. The molecule has 0 unspecified atom stereocenters. The van der Waals surface area contributed by atoms with Gasteiger partial charge in [-0.25, -0.2) is 4.79 Å². The Hall–Kier alpha value is -1.89. The second kappa shape index (κ2) is 11.3. The molecule has 0 aromatic carbocycles. The molecule has 212 valence electrons. The zero-order chi connectivity index (χ0) is 27.7. The van der Waals surface area contributed by atoms with Gasteiger partial charge in [-0.05, 0) is 105 Å². The average Bonchev–Trinajstić information content (AvgIpc) is 3.55. The van der Waals surface area contributed by atoms with Crippen molar-refractivity contribution in [2.24, 2.45) is 22.7 Å². The Kier molecular flexibility index (Phi) is 8.66. The van der Waals surface area contributed by atoms with E-state index in [0.717, 1.165) is 43.3 Å². The number of aliphatic hydroxyl groups excluding tert-OH is 3. The minimum absolute atomic E-state index is 0.0933. The van der Waals surface area contributed by atoms with E-state index in [4.69, 9.17) is 9.47 Å². The predicted molar refractivity (Wildman–Crippen MR) is 148 cm³/mol. The fourth-order valence-corrected chi connectivity index (χ4v) is 7.43. The number of carbonyl (C=O) groups excluding carboxylic acids is 1. The Morgan fingerprint density at radius 1 is 1.21 bits per heavy atom. The van der Waals surface area contributed by atoms with Gasteiger partial charge in [0.15, 0.2) is 0 Å². The first kappa shape index (κ1) is 29.1. The zero-order valence-corrected chi connectivity index (χ0v) is 23.7. The van der Waals surface area contributed by atoms with Crippen LogP contribution in [0.3, 0.4) is 0 Å². The van der Waals surface area contributed by atoms with E-state index in [1.807, 2.05) is 13.0 Å². The maximum atomic E-state index is 12.0. The maximum Gasteiger partial charge on any atom is 0.508 e. The van der Waals surface area contributed by atoms with Crippen LogP contribution in [0.15, 0.2) is 47.6 Å². The van der Waals surface area contributed by atoms with E-state index in [1.54, 1.807) is 13.8 Å². The molecule has 0 aromatic rings. The van der Waals surface area contributed by atoms with Gasteiger partial charge < -0.3 is 24.8 Å². The van der Waals surface area contributed by atoms with Crippen LogP contribution in [-0.2, 0) is 9.47 Å². The van der Waals surface area contributed by atoms with Gasteiger partial charge in [-0.15, -0.1) is 0 Å². The zero-order valence-electron chi connectivity index (χ0n) is 23.7. The normalized spacial score (nSPS) is 35.9. The summed E-state index contributed by atoms with van der Waals surface area (Å²) in [7, 11) is 0. The van der Waals surface area contributed by atoms with Gasteiger partial charge in [0.05, 0.1) is 18.8 Å². The molecule has 0 saturated heterocycles. The minimum atomic E-state index is -1.07. The fraction of sp³-hybridized carbons (Fsp3) is 0.719. The molecule has 3 N–H and O–H groups in total. The van der Waals surface area contributed by atoms with Gasteiger partial charge in [-0.3, -0.25) is 0 Å². The van der Waals surface area contributed by atoms with Crippen LogP contribution in [-0.4, -0.2) is 52.0 Å². The van der Waals surface area contributed by atoms with Crippen molar-refractivity contribution in [2.45, 2.75) is 116 Å². The second-order valence-electron chi connectivity index (χ2n) is 13.0. The van der Waals surface area contributed by atoms with E-state index in [0.29, 0.717) is 31.3 Å². The summed E-state index contributed by atoms with van der Waals surface area (Å²) < 4.78 is 10.5. The molecule has 4 saturated carbocycles. The first-order chi connectivity index (χ1) is 17.9. The number of carbonyl (C=O) groups is 1. The quantitative estimate of drug-likeness (QED) is 0.258. The number of aliphatic hydroxyl groups is 3. The SMILES string of the molecule is C=C1/C(=C\C=C2/CCC[C@]3(C)[C@@H](C4(/C=C/[C@H](O)C(C)(C)OC(=O)OCCC)CC4)CC[C@@H]23)C[C@@H](O)C[C@@H]1O. The molecule has 0 bridgehead atoms. The van der Waals surface area contributed by atoms with Gasteiger partial charge in [0.25, 0.3) is 0 Å². The number of rotatable bonds is 8. The minimum Gasteiger partial charge on any atom is -0.434 e. The van der Waals surface area contributed by atoms with Crippen molar-refractivity contribution >= 4 is 6.16 Å². The Bertz CT molecular complexity index is 986. The second-order valence-corrected chi connectivity index (χ2v) is 13.0. The molecule has 0 spiro atoms. The molecule has 0 amide bonds. The van der Waals surface area contributed by atoms with Crippen LogP contribution in [0, 0.1) is 22.7 Å². The van der Waals surface area contributed by atoms with Crippen LogP contribution in [0.4, 0.5) is 4.79 Å². The average molecular weight is 529 g/mol. The number of hydrogen-bond acceptors (Lipinski definition) is 6. The summed E-state index contributed by atoms with van der Waals surface area (Å²) in [5, 5.41) is 31.2. The van der Waals surface area contributed by atoms with Crippen LogP contribution >= 0.6 is 0 Å². The van der Waals surface area contributed by atoms with E-state index in [1.165, 1.54) is 24.8 Å². The van der Waals surface area contributed by atoms with E-state index >= 15 is 0 Å². The summed E-state index contributed by atoms with van der Waals surface area (Å²) in [4.78, 5) is 12.0. The molecule has 0 aliphatic heterocycles. The van der Waals surface area contributed by atoms with Gasteiger partial charge in [-0.2, -0.15) is 0 Å². The molecule has 4 rings (SSSR count). The van der Waals surface area contributed by atoms with Crippen molar-refractivity contribution in [3.63, 3.8) is 0 Å². The van der Waals surface area contributed by atoms with Gasteiger partial charge in [0.2, 0.25) is 0 Å². The monoisotopic (exact) mass is 528 g/mol. The van der Waals surface area contributed by atoms with Crippen molar-refractivity contribution in [1.82, 2.24) is 0 Å². The van der Waals surface area contributed by atoms with Crippen molar-refractivity contribution in [3.8, 4) is 0 Å². The van der Waals surface area contributed by atoms with Crippen molar-refractivity contribution in [3.05, 3.63) is 47.6 Å². The summed E-state index contributed by atoms with van der Waals surface area (Å²) in [6.07, 6.45) is 15.3. The lowest BCUT2D eigenvalue weighted by molar-refractivity contribution is -0.0668. The summed E-state index contributed by atoms with van der Waals surface area (Å²) in [5.74, 6) is 1.07. The summed E-state index contributed by atoms with van der Waals surface area (Å²) in [6.45, 7) is 12.2. The van der Waals surface area contributed by atoms with Crippen LogP contribution in [0.5, 0.6) is 0 Å². The van der Waals surface area contributed by atoms with Crippen LogP contribution in [0.25, 0.3) is 0 Å². The number of allylic oxidation sites excluding steroid dienone is 4. The van der Waals surface area contributed by atoms with Crippen LogP contribution in [0.1, 0.15) is 91.9 Å². The van der Waals surface area contributed by atoms with Crippen molar-refractivity contribution in [1.29, 1.82) is 0 Å². The Labute approximate surface area is 228 Å². The highest BCUT2D eigenvalue weighted by Gasteiger charge is 2.60. The highest BCUT2D eigenvalue weighted by molar-refractivity contribution is 5.60. The first-order valence-corrected chi connectivity index (χ1v) is 14.6. The fourth-order valence-electron chi connectivity index (χ4n) is 7.43. The molecule has 4 aliphatic carbocycles. The standard InChI is InChI=1S/C32H48O6/c1-6-18-37-29(36)38-30(3,4)28(35)13-15-32(16-17-32)27-12-11-25-22(8-7-14-31(25,27)5)9-10-23-19-24(33)20-26(34)21(23)2/h9-10,13,15,24-28,33-35H,2,6-8,11-12,14,16-20H2,1,3-5H3/b15-13+,22-9+,23-10-/t24-,25+,26+,27+,28+,31+/m1/s1. The lowest BCUT2D eigenvalue weighted by Crippen LogP contribution is -2.40. The van der Waals surface area contributed by atoms with E-state index < -0.39 is 30.1 Å². The Balaban J connectivity index is 1.46. The van der Waals surface area contributed by atoms with E-state index in [9.17, 15) is 20.1 Å². The van der Waals surface area contributed by atoms with Gasteiger partial charge in [0.1, 0.15) is 11.7 Å². The summed E-state index contributed by atoms with van der Waals surface area (Å²) in [5.41, 5.74) is 2.41. The van der Waals surface area contributed by atoms with E-state index in [-0.39, 0.29) is 10.8 Å². The molecule has 0 aromatic heterocycles. The topological polar surface area (TPSA) is 96.2 Å². The molecule has 6 atom stereocenters. The molecular weight excluding hydrogens is 480 g/mol. The summed E-state index contributed by atoms with van der Waals surface area (Å²) in [6, 6.07) is 0. The Morgan fingerprint density at radius 2 is 1.95 bits per heavy atom. The van der Waals surface area contributed by atoms with Gasteiger partial charge in [0, 0.05) is 6.42 Å². The smallest absolute Gasteiger partial charge is 0.434 e. The predicted octanol–water partition coefficient (Wildman–Crippen LogP) is 6.17. The van der Waals surface area contributed by atoms with E-state index in [2.05, 4.69) is 31.7 Å². The molecular formula is C32H48O6. The molecule has 6 nitrogen and oxygen atoms in total. The van der Waals surface area contributed by atoms with Crippen molar-refractivity contribution < 1.29 is 29.6 Å². The van der Waals surface area contributed by atoms with Crippen LogP contribution in [0.2, 0.25) is 0 Å². The van der Waals surface area contributed by atoms with Crippen molar-refractivity contribution in [2.75, 3.05) is 6.61 Å². The lowest BCUT2D eigenvalue weighted by Gasteiger charge is -2.45. The van der Waals surface area contributed by atoms with Gasteiger partial charge in [-0.1, -0.05) is 50.3 Å². The molecule has 4 aliphatic rings. The lowest BCUT2D eigenvalue weighted by atomic mass is 9.60. The van der Waals surface area contributed by atoms with Crippen LogP contribution < -0.4 is 0 Å². The molecule has 4 fully saturated rings. The third-order valence-corrected chi connectivity index (χ3v) is 9.84. The number of ether oxygens (including phenoxy) is 2.